The van der Waals surface area contributed by atoms with Gasteiger partial charge in [0, 0.05) is 22.6 Å². The van der Waals surface area contributed by atoms with Crippen LogP contribution in [0.15, 0.2) is 53.0 Å². The van der Waals surface area contributed by atoms with Crippen molar-refractivity contribution >= 4 is 21.6 Å². The van der Waals surface area contributed by atoms with Gasteiger partial charge in [-0.25, -0.2) is 0 Å². The number of aryl methyl sites for hydroxylation is 1. The summed E-state index contributed by atoms with van der Waals surface area (Å²) in [6.07, 6.45) is 2.50. The minimum atomic E-state index is -0.386. The molecule has 110 valence electrons. The number of rotatable bonds is 6. The SMILES string of the molecule is NC(CCc1ccc([N+](=O)[O-])cc1)Cc1cccc(Br)c1. The number of non-ortho nitro benzene ring substituents is 1. The lowest BCUT2D eigenvalue weighted by Crippen LogP contribution is -2.23. The molecule has 0 spiro atoms. The molecule has 2 aromatic rings. The van der Waals surface area contributed by atoms with Gasteiger partial charge in [0.15, 0.2) is 0 Å². The summed E-state index contributed by atoms with van der Waals surface area (Å²) in [7, 11) is 0. The van der Waals surface area contributed by atoms with Crippen LogP contribution < -0.4 is 5.73 Å². The van der Waals surface area contributed by atoms with Crippen molar-refractivity contribution < 1.29 is 4.92 Å². The zero-order valence-corrected chi connectivity index (χ0v) is 13.1. The number of benzene rings is 2. The predicted molar refractivity (Wildman–Crippen MR) is 87.2 cm³/mol. The van der Waals surface area contributed by atoms with E-state index in [0.717, 1.165) is 29.3 Å². The van der Waals surface area contributed by atoms with Crippen molar-refractivity contribution in [1.29, 1.82) is 0 Å². The van der Waals surface area contributed by atoms with Crippen molar-refractivity contribution in [2.45, 2.75) is 25.3 Å². The molecule has 5 heteroatoms. The molecule has 0 saturated carbocycles. The summed E-state index contributed by atoms with van der Waals surface area (Å²) >= 11 is 3.45. The number of hydrogen-bond donors (Lipinski definition) is 1. The van der Waals surface area contributed by atoms with Gasteiger partial charge in [0.1, 0.15) is 0 Å². The number of nitro groups is 1. The van der Waals surface area contributed by atoms with Gasteiger partial charge in [0.25, 0.3) is 5.69 Å². The van der Waals surface area contributed by atoms with E-state index in [1.54, 1.807) is 12.1 Å². The third kappa shape index (κ3) is 4.95. The van der Waals surface area contributed by atoms with Gasteiger partial charge >= 0.3 is 0 Å². The third-order valence-electron chi connectivity index (χ3n) is 3.34. The average Bonchev–Trinajstić information content (AvgIpc) is 2.45. The Balaban J connectivity index is 1.86. The van der Waals surface area contributed by atoms with Crippen molar-refractivity contribution in [3.8, 4) is 0 Å². The molecule has 0 aliphatic carbocycles. The van der Waals surface area contributed by atoms with Crippen molar-refractivity contribution in [2.75, 3.05) is 0 Å². The first kappa shape index (κ1) is 15.7. The van der Waals surface area contributed by atoms with E-state index in [1.165, 1.54) is 17.7 Å². The summed E-state index contributed by atoms with van der Waals surface area (Å²) in [5, 5.41) is 10.6. The smallest absolute Gasteiger partial charge is 0.269 e. The van der Waals surface area contributed by atoms with Crippen LogP contribution in [0.25, 0.3) is 0 Å². The molecule has 0 saturated heterocycles. The molecule has 2 rings (SSSR count). The second-order valence-corrected chi connectivity index (χ2v) is 5.97. The van der Waals surface area contributed by atoms with Crippen LogP contribution in [0.5, 0.6) is 0 Å². The summed E-state index contributed by atoms with van der Waals surface area (Å²) in [4.78, 5) is 10.2. The highest BCUT2D eigenvalue weighted by Gasteiger charge is 2.07. The van der Waals surface area contributed by atoms with Crippen molar-refractivity contribution in [1.82, 2.24) is 0 Å². The molecule has 0 heterocycles. The normalized spacial score (nSPS) is 12.1. The van der Waals surface area contributed by atoms with Crippen LogP contribution in [-0.2, 0) is 12.8 Å². The summed E-state index contributed by atoms with van der Waals surface area (Å²) in [5.41, 5.74) is 8.56. The van der Waals surface area contributed by atoms with Crippen molar-refractivity contribution in [3.63, 3.8) is 0 Å². The van der Waals surface area contributed by atoms with E-state index in [-0.39, 0.29) is 16.7 Å². The molecule has 1 unspecified atom stereocenters. The monoisotopic (exact) mass is 348 g/mol. The molecule has 0 aromatic heterocycles. The number of nitro benzene ring substituents is 1. The van der Waals surface area contributed by atoms with Gasteiger partial charge in [-0.1, -0.05) is 40.2 Å². The Bertz CT molecular complexity index is 614. The molecule has 1 atom stereocenters. The first-order chi connectivity index (χ1) is 10.0. The van der Waals surface area contributed by atoms with Gasteiger partial charge in [-0.15, -0.1) is 0 Å². The van der Waals surface area contributed by atoms with Crippen LogP contribution >= 0.6 is 15.9 Å². The lowest BCUT2D eigenvalue weighted by atomic mass is 10.00. The molecule has 2 aromatic carbocycles. The molecule has 0 bridgehead atoms. The Morgan fingerprint density at radius 2 is 1.86 bits per heavy atom. The second-order valence-electron chi connectivity index (χ2n) is 5.06. The Hall–Kier alpha value is -1.72. The highest BCUT2D eigenvalue weighted by molar-refractivity contribution is 9.10. The molecule has 0 aliphatic rings. The van der Waals surface area contributed by atoms with E-state index in [9.17, 15) is 10.1 Å². The highest BCUT2D eigenvalue weighted by atomic mass is 79.9. The van der Waals surface area contributed by atoms with Crippen LogP contribution in [0.3, 0.4) is 0 Å². The summed E-state index contributed by atoms with van der Waals surface area (Å²) in [5.74, 6) is 0. The van der Waals surface area contributed by atoms with Crippen LogP contribution in [0.2, 0.25) is 0 Å². The second kappa shape index (κ2) is 7.33. The van der Waals surface area contributed by atoms with Gasteiger partial charge < -0.3 is 5.73 Å². The van der Waals surface area contributed by atoms with Crippen molar-refractivity contribution in [2.24, 2.45) is 5.73 Å². The quantitative estimate of drug-likeness (QED) is 0.636. The fourth-order valence-corrected chi connectivity index (χ4v) is 2.65. The Morgan fingerprint density at radius 1 is 1.14 bits per heavy atom. The lowest BCUT2D eigenvalue weighted by Gasteiger charge is -2.12. The summed E-state index contributed by atoms with van der Waals surface area (Å²) < 4.78 is 1.06. The predicted octanol–water partition coefficient (Wildman–Crippen LogP) is 3.86. The van der Waals surface area contributed by atoms with Gasteiger partial charge in [0.2, 0.25) is 0 Å². The van der Waals surface area contributed by atoms with E-state index >= 15 is 0 Å². The molecular formula is C16H17BrN2O2. The first-order valence-electron chi connectivity index (χ1n) is 6.78. The van der Waals surface area contributed by atoms with E-state index in [4.69, 9.17) is 5.73 Å². The van der Waals surface area contributed by atoms with E-state index < -0.39 is 0 Å². The Kier molecular flexibility index (Phi) is 5.47. The Labute approximate surface area is 132 Å². The molecular weight excluding hydrogens is 332 g/mol. The average molecular weight is 349 g/mol. The minimum absolute atomic E-state index is 0.0782. The maximum atomic E-state index is 10.6. The number of nitrogens with zero attached hydrogens (tertiary/aromatic N) is 1. The van der Waals surface area contributed by atoms with Crippen LogP contribution in [0, 0.1) is 10.1 Å². The molecule has 0 amide bonds. The van der Waals surface area contributed by atoms with Gasteiger partial charge in [0.05, 0.1) is 4.92 Å². The minimum Gasteiger partial charge on any atom is -0.327 e. The van der Waals surface area contributed by atoms with E-state index in [1.807, 2.05) is 12.1 Å². The van der Waals surface area contributed by atoms with Gasteiger partial charge in [-0.2, -0.15) is 0 Å². The topological polar surface area (TPSA) is 69.2 Å². The first-order valence-corrected chi connectivity index (χ1v) is 7.57. The van der Waals surface area contributed by atoms with Gasteiger partial charge in [-0.3, -0.25) is 10.1 Å². The zero-order chi connectivity index (χ0) is 15.2. The van der Waals surface area contributed by atoms with Crippen LogP contribution in [0.4, 0.5) is 5.69 Å². The zero-order valence-electron chi connectivity index (χ0n) is 11.5. The van der Waals surface area contributed by atoms with Crippen LogP contribution in [0.1, 0.15) is 17.5 Å². The maximum Gasteiger partial charge on any atom is 0.269 e. The third-order valence-corrected chi connectivity index (χ3v) is 3.83. The number of nitrogens with two attached hydrogens (primary N) is 1. The molecule has 0 aliphatic heterocycles. The maximum absolute atomic E-state index is 10.6. The molecule has 4 nitrogen and oxygen atoms in total. The largest absolute Gasteiger partial charge is 0.327 e. The summed E-state index contributed by atoms with van der Waals surface area (Å²) in [6, 6.07) is 14.9. The molecule has 0 fully saturated rings. The number of hydrogen-bond acceptors (Lipinski definition) is 3. The Morgan fingerprint density at radius 3 is 2.48 bits per heavy atom. The van der Waals surface area contributed by atoms with E-state index in [2.05, 4.69) is 28.1 Å². The van der Waals surface area contributed by atoms with Gasteiger partial charge in [-0.05, 0) is 42.5 Å². The molecule has 2 N–H and O–H groups in total. The van der Waals surface area contributed by atoms with Crippen LogP contribution in [-0.4, -0.2) is 11.0 Å². The lowest BCUT2D eigenvalue weighted by molar-refractivity contribution is -0.384. The van der Waals surface area contributed by atoms with E-state index in [0.29, 0.717) is 0 Å². The molecule has 0 radical (unpaired) electrons. The van der Waals surface area contributed by atoms with Crippen molar-refractivity contribution in [3.05, 3.63) is 74.2 Å². The summed E-state index contributed by atoms with van der Waals surface area (Å²) in [6.45, 7) is 0. The number of halogens is 1. The fraction of sp³-hybridized carbons (Fsp3) is 0.250. The standard InChI is InChI=1S/C16H17BrN2O2/c17-14-3-1-2-13(10-14)11-15(18)7-4-12-5-8-16(9-6-12)19(20)21/h1-3,5-6,8-10,15H,4,7,11,18H2. The fourth-order valence-electron chi connectivity index (χ4n) is 2.21. The molecule has 21 heavy (non-hydrogen) atoms. The highest BCUT2D eigenvalue weighted by Crippen LogP contribution is 2.16.